The first-order valence-electron chi connectivity index (χ1n) is 9.96. The summed E-state index contributed by atoms with van der Waals surface area (Å²) in [6.07, 6.45) is 2.14. The SMILES string of the molecule is COc1ccc(Br)c(CNC(C)CCc2ccccc2)c1OCc1ccccc1. The Morgan fingerprint density at radius 2 is 1.55 bits per heavy atom. The summed E-state index contributed by atoms with van der Waals surface area (Å²) in [4.78, 5) is 0. The van der Waals surface area contributed by atoms with E-state index in [1.807, 2.05) is 30.3 Å². The van der Waals surface area contributed by atoms with Crippen LogP contribution in [0.5, 0.6) is 11.5 Å². The van der Waals surface area contributed by atoms with E-state index in [0.29, 0.717) is 19.2 Å². The number of methoxy groups -OCH3 is 1. The van der Waals surface area contributed by atoms with Crippen LogP contribution in [0.15, 0.2) is 77.3 Å². The highest BCUT2D eigenvalue weighted by molar-refractivity contribution is 9.10. The van der Waals surface area contributed by atoms with Gasteiger partial charge in [-0.25, -0.2) is 0 Å². The Kier molecular flexibility index (Phi) is 8.14. The lowest BCUT2D eigenvalue weighted by molar-refractivity contribution is 0.280. The first kappa shape index (κ1) is 21.4. The predicted octanol–water partition coefficient (Wildman–Crippen LogP) is 6.15. The summed E-state index contributed by atoms with van der Waals surface area (Å²) in [5, 5.41) is 3.63. The van der Waals surface area contributed by atoms with Crippen molar-refractivity contribution in [2.24, 2.45) is 0 Å². The molecule has 0 aliphatic carbocycles. The molecule has 3 aromatic carbocycles. The maximum absolute atomic E-state index is 6.19. The van der Waals surface area contributed by atoms with Crippen LogP contribution in [0.1, 0.15) is 30.0 Å². The van der Waals surface area contributed by atoms with Crippen LogP contribution in [0.2, 0.25) is 0 Å². The van der Waals surface area contributed by atoms with Crippen LogP contribution in [0.3, 0.4) is 0 Å². The minimum Gasteiger partial charge on any atom is -0.493 e. The molecule has 0 aliphatic heterocycles. The maximum Gasteiger partial charge on any atom is 0.167 e. The summed E-state index contributed by atoms with van der Waals surface area (Å²) in [5.41, 5.74) is 3.58. The average molecular weight is 454 g/mol. The number of nitrogens with one attached hydrogen (secondary N) is 1. The fourth-order valence-corrected chi connectivity index (χ4v) is 3.65. The molecule has 0 saturated carbocycles. The van der Waals surface area contributed by atoms with Crippen molar-refractivity contribution in [1.29, 1.82) is 0 Å². The number of benzene rings is 3. The molecule has 0 heterocycles. The van der Waals surface area contributed by atoms with Crippen LogP contribution < -0.4 is 14.8 Å². The van der Waals surface area contributed by atoms with E-state index in [1.165, 1.54) is 5.56 Å². The monoisotopic (exact) mass is 453 g/mol. The largest absolute Gasteiger partial charge is 0.493 e. The van der Waals surface area contributed by atoms with Crippen molar-refractivity contribution in [3.8, 4) is 11.5 Å². The molecule has 0 aliphatic rings. The van der Waals surface area contributed by atoms with E-state index in [2.05, 4.69) is 70.6 Å². The van der Waals surface area contributed by atoms with Gasteiger partial charge < -0.3 is 14.8 Å². The van der Waals surface area contributed by atoms with Crippen LogP contribution in [-0.2, 0) is 19.6 Å². The van der Waals surface area contributed by atoms with Crippen molar-refractivity contribution in [1.82, 2.24) is 5.32 Å². The number of hydrogen-bond donors (Lipinski definition) is 1. The summed E-state index contributed by atoms with van der Waals surface area (Å²) in [6.45, 7) is 3.43. The van der Waals surface area contributed by atoms with Gasteiger partial charge in [0.2, 0.25) is 0 Å². The second-order valence-corrected chi connectivity index (χ2v) is 7.99. The fourth-order valence-electron chi connectivity index (χ4n) is 3.20. The third-order valence-corrected chi connectivity index (χ3v) is 5.69. The fraction of sp³-hybridized carbons (Fsp3) is 0.280. The van der Waals surface area contributed by atoms with Crippen molar-refractivity contribution in [2.45, 2.75) is 39.0 Å². The molecule has 3 rings (SSSR count). The van der Waals surface area contributed by atoms with Crippen LogP contribution in [0.25, 0.3) is 0 Å². The topological polar surface area (TPSA) is 30.5 Å². The van der Waals surface area contributed by atoms with Crippen LogP contribution in [0.4, 0.5) is 0 Å². The molecule has 0 radical (unpaired) electrons. The van der Waals surface area contributed by atoms with E-state index in [0.717, 1.165) is 39.9 Å². The van der Waals surface area contributed by atoms with E-state index in [4.69, 9.17) is 9.47 Å². The summed E-state index contributed by atoms with van der Waals surface area (Å²) in [7, 11) is 1.68. The lowest BCUT2D eigenvalue weighted by Gasteiger charge is -2.19. The molecule has 3 aromatic rings. The van der Waals surface area contributed by atoms with Crippen molar-refractivity contribution in [3.05, 3.63) is 94.0 Å². The molecule has 1 atom stereocenters. The molecule has 152 valence electrons. The smallest absolute Gasteiger partial charge is 0.167 e. The molecule has 3 nitrogen and oxygen atoms in total. The Hall–Kier alpha value is -2.30. The molecule has 1 N–H and O–H groups in total. The number of halogens is 1. The third-order valence-electron chi connectivity index (χ3n) is 4.95. The summed E-state index contributed by atoms with van der Waals surface area (Å²) in [5.74, 6) is 1.53. The number of aryl methyl sites for hydroxylation is 1. The Morgan fingerprint density at radius 1 is 0.897 bits per heavy atom. The highest BCUT2D eigenvalue weighted by Gasteiger charge is 2.16. The Labute approximate surface area is 182 Å². The molecular weight excluding hydrogens is 426 g/mol. The van der Waals surface area contributed by atoms with Gasteiger partial charge in [-0.05, 0) is 43.0 Å². The van der Waals surface area contributed by atoms with Crippen molar-refractivity contribution < 1.29 is 9.47 Å². The van der Waals surface area contributed by atoms with Crippen LogP contribution in [0, 0.1) is 0 Å². The normalized spacial score (nSPS) is 11.8. The Morgan fingerprint density at radius 3 is 2.21 bits per heavy atom. The van der Waals surface area contributed by atoms with Crippen LogP contribution >= 0.6 is 15.9 Å². The van der Waals surface area contributed by atoms with Gasteiger partial charge >= 0.3 is 0 Å². The third kappa shape index (κ3) is 6.34. The van der Waals surface area contributed by atoms with Gasteiger partial charge in [-0.3, -0.25) is 0 Å². The molecule has 4 heteroatoms. The molecule has 0 spiro atoms. The summed E-state index contributed by atoms with van der Waals surface area (Å²) in [6, 6.07) is 25.1. The highest BCUT2D eigenvalue weighted by atomic mass is 79.9. The molecule has 0 amide bonds. The Balaban J connectivity index is 1.65. The minimum atomic E-state index is 0.385. The highest BCUT2D eigenvalue weighted by Crippen LogP contribution is 2.37. The lowest BCUT2D eigenvalue weighted by atomic mass is 10.1. The van der Waals surface area contributed by atoms with Crippen LogP contribution in [-0.4, -0.2) is 13.2 Å². The van der Waals surface area contributed by atoms with Gasteiger partial charge in [-0.15, -0.1) is 0 Å². The van der Waals surface area contributed by atoms with E-state index < -0.39 is 0 Å². The van der Waals surface area contributed by atoms with Crippen molar-refractivity contribution >= 4 is 15.9 Å². The zero-order valence-electron chi connectivity index (χ0n) is 17.0. The van der Waals surface area contributed by atoms with Gasteiger partial charge in [0.15, 0.2) is 11.5 Å². The van der Waals surface area contributed by atoms with E-state index in [9.17, 15) is 0 Å². The van der Waals surface area contributed by atoms with E-state index >= 15 is 0 Å². The van der Waals surface area contributed by atoms with Gasteiger partial charge in [0.25, 0.3) is 0 Å². The maximum atomic E-state index is 6.19. The molecule has 0 saturated heterocycles. The Bertz CT molecular complexity index is 884. The first-order valence-corrected chi connectivity index (χ1v) is 10.8. The molecule has 0 aromatic heterocycles. The van der Waals surface area contributed by atoms with E-state index in [1.54, 1.807) is 7.11 Å². The second kappa shape index (κ2) is 11.0. The molecule has 0 bridgehead atoms. The second-order valence-electron chi connectivity index (χ2n) is 7.14. The number of ether oxygens (including phenoxy) is 2. The molecule has 1 unspecified atom stereocenters. The van der Waals surface area contributed by atoms with Gasteiger partial charge in [0.05, 0.1) is 7.11 Å². The zero-order chi connectivity index (χ0) is 20.5. The molecular formula is C25H28BrNO2. The summed E-state index contributed by atoms with van der Waals surface area (Å²) < 4.78 is 12.8. The zero-order valence-corrected chi connectivity index (χ0v) is 18.6. The van der Waals surface area contributed by atoms with Gasteiger partial charge in [0.1, 0.15) is 6.61 Å². The average Bonchev–Trinajstić information content (AvgIpc) is 2.77. The van der Waals surface area contributed by atoms with Crippen molar-refractivity contribution in [3.63, 3.8) is 0 Å². The summed E-state index contributed by atoms with van der Waals surface area (Å²) >= 11 is 3.69. The number of rotatable bonds is 10. The molecule has 29 heavy (non-hydrogen) atoms. The minimum absolute atomic E-state index is 0.385. The van der Waals surface area contributed by atoms with Gasteiger partial charge in [-0.2, -0.15) is 0 Å². The standard InChI is InChI=1S/C25H28BrNO2/c1-19(13-14-20-9-5-3-6-10-20)27-17-22-23(26)15-16-24(28-2)25(22)29-18-21-11-7-4-8-12-21/h3-12,15-16,19,27H,13-14,17-18H2,1-2H3. The molecule has 0 fully saturated rings. The van der Waals surface area contributed by atoms with Gasteiger partial charge in [0, 0.05) is 22.6 Å². The quantitative estimate of drug-likeness (QED) is 0.399. The van der Waals surface area contributed by atoms with Gasteiger partial charge in [-0.1, -0.05) is 76.6 Å². The van der Waals surface area contributed by atoms with Crippen molar-refractivity contribution in [2.75, 3.05) is 7.11 Å². The first-order chi connectivity index (χ1) is 14.2. The number of hydrogen-bond acceptors (Lipinski definition) is 3. The predicted molar refractivity (Wildman–Crippen MR) is 123 cm³/mol. The lowest BCUT2D eigenvalue weighted by Crippen LogP contribution is -2.26. The van der Waals surface area contributed by atoms with E-state index in [-0.39, 0.29) is 0 Å².